The van der Waals surface area contributed by atoms with Gasteiger partial charge in [0, 0.05) is 0 Å². The fraction of sp³-hybridized carbons (Fsp3) is 0.333. The van der Waals surface area contributed by atoms with Gasteiger partial charge in [-0.3, -0.25) is 0 Å². The Labute approximate surface area is 79.2 Å². The summed E-state index contributed by atoms with van der Waals surface area (Å²) >= 11 is 0. The Morgan fingerprint density at radius 3 is 1.67 bits per heavy atom. The summed E-state index contributed by atoms with van der Waals surface area (Å²) < 4.78 is 0. The minimum Gasteiger partial charge on any atom is -1.00 e. The van der Waals surface area contributed by atoms with Crippen molar-refractivity contribution in [2.24, 2.45) is 0 Å². The minimum atomic E-state index is 0. The Morgan fingerprint density at radius 1 is 1.11 bits per heavy atom. The number of hydrogen-bond donors (Lipinski definition) is 0. The van der Waals surface area contributed by atoms with Crippen LogP contribution in [0, 0.1) is 0 Å². The van der Waals surface area contributed by atoms with E-state index in [-0.39, 0.29) is 35.5 Å². The molecule has 0 N–H and O–H groups in total. The maximum absolute atomic E-state index is 3.97. The van der Waals surface area contributed by atoms with Crippen LogP contribution in [0.25, 0.3) is 5.32 Å². The fourth-order valence-electron chi connectivity index (χ4n) is 0.257. The molecule has 0 atom stereocenters. The Morgan fingerprint density at radius 2 is 1.44 bits per heavy atom. The van der Waals surface area contributed by atoms with E-state index in [1.54, 1.807) is 12.2 Å². The Balaban J connectivity index is -0.000000180. The third kappa shape index (κ3) is 17.7. The van der Waals surface area contributed by atoms with Gasteiger partial charge in [-0.05, 0) is 0 Å². The van der Waals surface area contributed by atoms with Crippen LogP contribution >= 0.6 is 0 Å². The quantitative estimate of drug-likeness (QED) is 0.263. The number of nitrogens with zero attached hydrogens (tertiary/aromatic N) is 1. The first-order chi connectivity index (χ1) is 3.41. The molecule has 0 aliphatic heterocycles. The predicted molar refractivity (Wildman–Crippen MR) is 39.2 cm³/mol. The molecule has 9 heavy (non-hydrogen) atoms. The van der Waals surface area contributed by atoms with Gasteiger partial charge < -0.3 is 17.7 Å². The van der Waals surface area contributed by atoms with Gasteiger partial charge in [0.1, 0.15) is 0 Å². The molecule has 0 spiro atoms. The van der Waals surface area contributed by atoms with Crippen LogP contribution in [-0.2, 0) is 0 Å². The van der Waals surface area contributed by atoms with E-state index in [1.165, 1.54) is 0 Å². The normalized spacial score (nSPS) is 6.22. The zero-order chi connectivity index (χ0) is 5.54. The van der Waals surface area contributed by atoms with E-state index in [2.05, 4.69) is 18.5 Å². The smallest absolute Gasteiger partial charge is 1.00 e. The van der Waals surface area contributed by atoms with Gasteiger partial charge in [-0.15, -0.1) is 38.4 Å². The Kier molecular flexibility index (Phi) is 28.5. The fourth-order valence-corrected chi connectivity index (χ4v) is 0.257. The third-order valence-corrected chi connectivity index (χ3v) is 0.516. The average Bonchev–Trinajstić information content (AvgIpc) is 1.69. The molecule has 0 unspecified atom stereocenters. The minimum absolute atomic E-state index is 0. The molecule has 48 valence electrons. The largest absolute Gasteiger partial charge is 2.00 e. The molecule has 0 aromatic carbocycles. The molecule has 0 rings (SSSR count). The van der Waals surface area contributed by atoms with Crippen molar-refractivity contribution in [3.05, 3.63) is 30.6 Å². The van der Waals surface area contributed by atoms with Crippen molar-refractivity contribution in [1.82, 2.24) is 0 Å². The van der Waals surface area contributed by atoms with E-state index in [1.807, 2.05) is 0 Å². The van der Waals surface area contributed by atoms with Crippen LogP contribution in [0.3, 0.4) is 0 Å². The van der Waals surface area contributed by atoms with Gasteiger partial charge in [-0.25, -0.2) is 0 Å². The third-order valence-electron chi connectivity index (χ3n) is 0.516. The Hall–Kier alpha value is 0.496. The van der Waals surface area contributed by atoms with Gasteiger partial charge in [0.05, 0.1) is 0 Å². The summed E-state index contributed by atoms with van der Waals surface area (Å²) in [4.78, 5) is 0. The second-order valence-electron chi connectivity index (χ2n) is 1.17. The number of hydrogen-bond acceptors (Lipinski definition) is 0. The van der Waals surface area contributed by atoms with Crippen molar-refractivity contribution in [3.8, 4) is 0 Å². The van der Waals surface area contributed by atoms with Gasteiger partial charge in [0.25, 0.3) is 0 Å². The Bertz CT molecular complexity index is 58.1. The van der Waals surface area contributed by atoms with Crippen LogP contribution in [0.15, 0.2) is 25.3 Å². The standard InChI is InChI=1S/C6H10N.ClH.Mg/c1-3-5-7-6-4-2;;/h3-4H,1-2,5-6H2;1H;/q-1;;+2/p-1. The molecule has 0 fully saturated rings. The van der Waals surface area contributed by atoms with Crippen LogP contribution in [0.1, 0.15) is 0 Å². The average molecular weight is 156 g/mol. The molecule has 3 heteroatoms. The summed E-state index contributed by atoms with van der Waals surface area (Å²) in [5, 5.41) is 3.97. The molecule has 0 bridgehead atoms. The van der Waals surface area contributed by atoms with Gasteiger partial charge in [-0.1, -0.05) is 0 Å². The summed E-state index contributed by atoms with van der Waals surface area (Å²) in [6.07, 6.45) is 3.53. The zero-order valence-electron chi connectivity index (χ0n) is 5.52. The van der Waals surface area contributed by atoms with Gasteiger partial charge in [0.15, 0.2) is 0 Å². The molecule has 0 aromatic rings. The van der Waals surface area contributed by atoms with E-state index < -0.39 is 0 Å². The van der Waals surface area contributed by atoms with Gasteiger partial charge in [-0.2, -0.15) is 0 Å². The maximum Gasteiger partial charge on any atom is 2.00 e. The number of halogens is 1. The number of rotatable bonds is 4. The molecule has 0 aliphatic rings. The molecular weight excluding hydrogens is 146 g/mol. The van der Waals surface area contributed by atoms with Crippen LogP contribution < -0.4 is 12.4 Å². The van der Waals surface area contributed by atoms with Crippen LogP contribution in [0.4, 0.5) is 0 Å². The molecule has 0 radical (unpaired) electrons. The molecule has 0 saturated carbocycles. The molecule has 0 aromatic heterocycles. The van der Waals surface area contributed by atoms with Crippen LogP contribution in [-0.4, -0.2) is 36.1 Å². The first-order valence-corrected chi connectivity index (χ1v) is 2.27. The topological polar surface area (TPSA) is 14.1 Å². The summed E-state index contributed by atoms with van der Waals surface area (Å²) in [5.74, 6) is 0. The molecule has 0 amide bonds. The van der Waals surface area contributed by atoms with E-state index in [4.69, 9.17) is 0 Å². The first-order valence-electron chi connectivity index (χ1n) is 2.27. The van der Waals surface area contributed by atoms with Crippen molar-refractivity contribution < 1.29 is 12.4 Å². The van der Waals surface area contributed by atoms with E-state index in [0.717, 1.165) is 13.1 Å². The van der Waals surface area contributed by atoms with Crippen molar-refractivity contribution in [3.63, 3.8) is 0 Å². The van der Waals surface area contributed by atoms with Crippen LogP contribution in [0.5, 0.6) is 0 Å². The molecule has 1 nitrogen and oxygen atoms in total. The van der Waals surface area contributed by atoms with Crippen LogP contribution in [0.2, 0.25) is 0 Å². The van der Waals surface area contributed by atoms with Gasteiger partial charge in [0.2, 0.25) is 0 Å². The molecule has 0 heterocycles. The first kappa shape index (κ1) is 16.2. The van der Waals surface area contributed by atoms with E-state index >= 15 is 0 Å². The molecule has 0 saturated heterocycles. The molecule has 0 aliphatic carbocycles. The summed E-state index contributed by atoms with van der Waals surface area (Å²) in [5.41, 5.74) is 0. The van der Waals surface area contributed by atoms with Gasteiger partial charge >= 0.3 is 23.1 Å². The predicted octanol–water partition coefficient (Wildman–Crippen LogP) is -1.64. The van der Waals surface area contributed by atoms with Crippen molar-refractivity contribution in [2.75, 3.05) is 13.1 Å². The maximum atomic E-state index is 3.97. The van der Waals surface area contributed by atoms with E-state index in [0.29, 0.717) is 0 Å². The van der Waals surface area contributed by atoms with Crippen molar-refractivity contribution in [1.29, 1.82) is 0 Å². The summed E-state index contributed by atoms with van der Waals surface area (Å²) in [7, 11) is 0. The van der Waals surface area contributed by atoms with Crippen molar-refractivity contribution in [2.45, 2.75) is 0 Å². The monoisotopic (exact) mass is 155 g/mol. The second kappa shape index (κ2) is 15.8. The summed E-state index contributed by atoms with van der Waals surface area (Å²) in [6.45, 7) is 8.49. The summed E-state index contributed by atoms with van der Waals surface area (Å²) in [6, 6.07) is 0. The second-order valence-corrected chi connectivity index (χ2v) is 1.17. The molecular formula is C6H10ClMgN. The zero-order valence-corrected chi connectivity index (χ0v) is 7.69. The van der Waals surface area contributed by atoms with E-state index in [9.17, 15) is 0 Å². The SMILES string of the molecule is C=CC[N-]CC=C.[Cl-].[Mg+2]. The van der Waals surface area contributed by atoms with Crippen molar-refractivity contribution >= 4 is 23.1 Å².